The lowest BCUT2D eigenvalue weighted by Gasteiger charge is -2.29. The first kappa shape index (κ1) is 14.3. The molecule has 0 fully saturated rings. The Morgan fingerprint density at radius 2 is 2.21 bits per heavy atom. The zero-order chi connectivity index (χ0) is 14.3. The van der Waals surface area contributed by atoms with Gasteiger partial charge in [-0.15, -0.1) is 0 Å². The average molecular weight is 283 g/mol. The number of sulfonamides is 1. The standard InChI is InChI=1S/C13H21N3O2S/c1-5-19(17,18)14-9-11-10-8-13(2,3)7-6-12(10)16(4)15-11/h5,14H,1,6-9H2,2-4H3. The van der Waals surface area contributed by atoms with Gasteiger partial charge in [-0.3, -0.25) is 4.68 Å². The van der Waals surface area contributed by atoms with Crippen LogP contribution in [0.25, 0.3) is 0 Å². The summed E-state index contributed by atoms with van der Waals surface area (Å²) in [7, 11) is -1.48. The maximum absolute atomic E-state index is 11.4. The molecular weight excluding hydrogens is 262 g/mol. The van der Waals surface area contributed by atoms with E-state index in [1.807, 2.05) is 11.7 Å². The molecule has 1 aliphatic rings. The quantitative estimate of drug-likeness (QED) is 0.910. The van der Waals surface area contributed by atoms with Crippen molar-refractivity contribution in [1.29, 1.82) is 0 Å². The van der Waals surface area contributed by atoms with Crippen LogP contribution >= 0.6 is 0 Å². The van der Waals surface area contributed by atoms with Crippen LogP contribution in [0.3, 0.4) is 0 Å². The molecule has 5 nitrogen and oxygen atoms in total. The molecule has 1 aromatic rings. The van der Waals surface area contributed by atoms with Gasteiger partial charge in [0.1, 0.15) is 0 Å². The van der Waals surface area contributed by atoms with E-state index in [-0.39, 0.29) is 12.0 Å². The predicted octanol–water partition coefficient (Wildman–Crippen LogP) is 1.50. The number of fused-ring (bicyclic) bond motifs is 1. The van der Waals surface area contributed by atoms with Gasteiger partial charge < -0.3 is 0 Å². The third-order valence-corrected chi connectivity index (χ3v) is 4.70. The fraction of sp³-hybridized carbons (Fsp3) is 0.615. The number of nitrogens with one attached hydrogen (secondary N) is 1. The van der Waals surface area contributed by atoms with Crippen molar-refractivity contribution in [3.63, 3.8) is 0 Å². The van der Waals surface area contributed by atoms with Crippen molar-refractivity contribution in [3.8, 4) is 0 Å². The SMILES string of the molecule is C=CS(=O)(=O)NCc1nn(C)c2c1CC(C)(C)CC2. The lowest BCUT2D eigenvalue weighted by molar-refractivity contribution is 0.310. The number of hydrogen-bond donors (Lipinski definition) is 1. The molecule has 0 saturated carbocycles. The normalized spacial score (nSPS) is 18.1. The Balaban J connectivity index is 2.26. The number of aromatic nitrogens is 2. The van der Waals surface area contributed by atoms with Crippen LogP contribution in [0, 0.1) is 5.41 Å². The molecule has 19 heavy (non-hydrogen) atoms. The van der Waals surface area contributed by atoms with Crippen LogP contribution in [0.15, 0.2) is 12.0 Å². The smallest absolute Gasteiger partial charge is 0.233 e. The molecule has 0 atom stereocenters. The van der Waals surface area contributed by atoms with Gasteiger partial charge in [0.05, 0.1) is 12.2 Å². The van der Waals surface area contributed by atoms with Gasteiger partial charge in [0.25, 0.3) is 0 Å². The maximum atomic E-state index is 11.4. The Hall–Kier alpha value is -1.14. The van der Waals surface area contributed by atoms with Crippen LogP contribution in [-0.2, 0) is 36.5 Å². The fourth-order valence-corrected chi connectivity index (χ4v) is 3.03. The van der Waals surface area contributed by atoms with E-state index in [1.54, 1.807) is 0 Å². The minimum Gasteiger partial charge on any atom is -0.272 e. The van der Waals surface area contributed by atoms with E-state index in [1.165, 1.54) is 11.3 Å². The molecule has 106 valence electrons. The second kappa shape index (κ2) is 4.76. The molecule has 1 heterocycles. The summed E-state index contributed by atoms with van der Waals surface area (Å²) in [6.07, 6.45) is 3.08. The Kier molecular flexibility index (Phi) is 3.57. The second-order valence-corrected chi connectivity index (χ2v) is 7.58. The first-order chi connectivity index (χ1) is 8.74. The minimum absolute atomic E-state index is 0.230. The van der Waals surface area contributed by atoms with Crippen molar-refractivity contribution in [2.45, 2.75) is 39.7 Å². The molecule has 6 heteroatoms. The molecule has 1 aliphatic carbocycles. The molecule has 0 saturated heterocycles. The van der Waals surface area contributed by atoms with Gasteiger partial charge >= 0.3 is 0 Å². The zero-order valence-corrected chi connectivity index (χ0v) is 12.5. The summed E-state index contributed by atoms with van der Waals surface area (Å²) < 4.78 is 27.2. The van der Waals surface area contributed by atoms with Gasteiger partial charge in [-0.25, -0.2) is 13.1 Å². The number of hydrogen-bond acceptors (Lipinski definition) is 3. The molecule has 0 bridgehead atoms. The predicted molar refractivity (Wildman–Crippen MR) is 75.0 cm³/mol. The maximum Gasteiger partial charge on any atom is 0.233 e. The molecule has 0 radical (unpaired) electrons. The Morgan fingerprint density at radius 1 is 1.53 bits per heavy atom. The number of rotatable bonds is 4. The van der Waals surface area contributed by atoms with Crippen molar-refractivity contribution in [2.24, 2.45) is 12.5 Å². The largest absolute Gasteiger partial charge is 0.272 e. The molecule has 1 aromatic heterocycles. The first-order valence-corrected chi connectivity index (χ1v) is 7.94. The van der Waals surface area contributed by atoms with Gasteiger partial charge in [0.2, 0.25) is 10.0 Å². The fourth-order valence-electron chi connectivity index (χ4n) is 2.57. The number of aryl methyl sites for hydroxylation is 1. The van der Waals surface area contributed by atoms with Gasteiger partial charge in [-0.1, -0.05) is 20.4 Å². The molecule has 0 spiro atoms. The first-order valence-electron chi connectivity index (χ1n) is 6.40. The van der Waals surface area contributed by atoms with E-state index in [0.717, 1.165) is 30.4 Å². The van der Waals surface area contributed by atoms with Crippen molar-refractivity contribution in [1.82, 2.24) is 14.5 Å². The number of nitrogens with zero attached hydrogens (tertiary/aromatic N) is 2. The summed E-state index contributed by atoms with van der Waals surface area (Å²) in [5.41, 5.74) is 3.51. The molecule has 0 aromatic carbocycles. The summed E-state index contributed by atoms with van der Waals surface area (Å²) in [6.45, 7) is 7.99. The summed E-state index contributed by atoms with van der Waals surface area (Å²) in [4.78, 5) is 0. The minimum atomic E-state index is -3.40. The lowest BCUT2D eigenvalue weighted by atomic mass is 9.76. The van der Waals surface area contributed by atoms with E-state index in [2.05, 4.69) is 30.2 Å². The second-order valence-electron chi connectivity index (χ2n) is 5.87. The van der Waals surface area contributed by atoms with Gasteiger partial charge in [0, 0.05) is 18.1 Å². The van der Waals surface area contributed by atoms with Crippen molar-refractivity contribution < 1.29 is 8.42 Å². The summed E-state index contributed by atoms with van der Waals surface area (Å²) >= 11 is 0. The van der Waals surface area contributed by atoms with E-state index >= 15 is 0 Å². The van der Waals surface area contributed by atoms with E-state index in [4.69, 9.17) is 0 Å². The van der Waals surface area contributed by atoms with Crippen LogP contribution in [-0.4, -0.2) is 18.2 Å². The highest BCUT2D eigenvalue weighted by Crippen LogP contribution is 2.35. The summed E-state index contributed by atoms with van der Waals surface area (Å²) in [6, 6.07) is 0. The Labute approximate surface area is 114 Å². The summed E-state index contributed by atoms with van der Waals surface area (Å²) in [5.74, 6) is 0. The lowest BCUT2D eigenvalue weighted by Crippen LogP contribution is -2.25. The Bertz CT molecular complexity index is 600. The van der Waals surface area contributed by atoms with Crippen LogP contribution in [0.1, 0.15) is 37.2 Å². The zero-order valence-electron chi connectivity index (χ0n) is 11.7. The summed E-state index contributed by atoms with van der Waals surface area (Å²) in [5, 5.41) is 5.37. The topological polar surface area (TPSA) is 64.0 Å². The van der Waals surface area contributed by atoms with Gasteiger partial charge in [0.15, 0.2) is 0 Å². The van der Waals surface area contributed by atoms with E-state index in [0.29, 0.717) is 0 Å². The highest BCUT2D eigenvalue weighted by atomic mass is 32.2. The average Bonchev–Trinajstić information content (AvgIpc) is 2.62. The van der Waals surface area contributed by atoms with Crippen LogP contribution < -0.4 is 4.72 Å². The molecule has 0 amide bonds. The van der Waals surface area contributed by atoms with Crippen LogP contribution in [0.4, 0.5) is 0 Å². The highest BCUT2D eigenvalue weighted by Gasteiger charge is 2.30. The van der Waals surface area contributed by atoms with Gasteiger partial charge in [-0.05, 0) is 30.2 Å². The van der Waals surface area contributed by atoms with Gasteiger partial charge in [-0.2, -0.15) is 5.10 Å². The molecule has 2 rings (SSSR count). The van der Waals surface area contributed by atoms with Crippen molar-refractivity contribution >= 4 is 10.0 Å². The molecular formula is C13H21N3O2S. The third kappa shape index (κ3) is 3.06. The highest BCUT2D eigenvalue weighted by molar-refractivity contribution is 7.92. The van der Waals surface area contributed by atoms with Crippen molar-refractivity contribution in [3.05, 3.63) is 28.9 Å². The van der Waals surface area contributed by atoms with Crippen molar-refractivity contribution in [2.75, 3.05) is 0 Å². The monoisotopic (exact) mass is 283 g/mol. The van der Waals surface area contributed by atoms with E-state index < -0.39 is 10.0 Å². The molecule has 1 N–H and O–H groups in total. The molecule has 0 aliphatic heterocycles. The van der Waals surface area contributed by atoms with E-state index in [9.17, 15) is 8.42 Å². The van der Waals surface area contributed by atoms with Crippen LogP contribution in [0.5, 0.6) is 0 Å². The van der Waals surface area contributed by atoms with Crippen LogP contribution in [0.2, 0.25) is 0 Å². The molecule has 0 unspecified atom stereocenters. The third-order valence-electron chi connectivity index (χ3n) is 3.71. The Morgan fingerprint density at radius 3 is 2.84 bits per heavy atom.